The molecular weight excluding hydrogens is 319 g/mol. The third-order valence-corrected chi connectivity index (χ3v) is 3.59. The largest absolute Gasteiger partial charge is 0.487 e. The highest BCUT2D eigenvalue weighted by atomic mass is 35.5. The van der Waals surface area contributed by atoms with Gasteiger partial charge in [-0.25, -0.2) is 0 Å². The minimum Gasteiger partial charge on any atom is -0.487 e. The molecule has 0 spiro atoms. The van der Waals surface area contributed by atoms with Crippen molar-refractivity contribution in [2.75, 3.05) is 0 Å². The number of benzene rings is 2. The Morgan fingerprint density at radius 3 is 2.45 bits per heavy atom. The standard InChI is InChI=1S/C15H11Cl3O2/c1-9(19)12-6-11(16)7-14(18)15(12)20-8-10-4-2-3-5-13(10)17/h2-7H,8H2,1H3. The summed E-state index contributed by atoms with van der Waals surface area (Å²) >= 11 is 18.0. The summed E-state index contributed by atoms with van der Waals surface area (Å²) < 4.78 is 5.66. The van der Waals surface area contributed by atoms with Crippen molar-refractivity contribution in [1.82, 2.24) is 0 Å². The molecular formula is C15H11Cl3O2. The van der Waals surface area contributed by atoms with Crippen molar-refractivity contribution in [2.45, 2.75) is 13.5 Å². The van der Waals surface area contributed by atoms with Crippen molar-refractivity contribution in [3.05, 3.63) is 62.6 Å². The second kappa shape index (κ2) is 6.49. The number of carbonyl (C=O) groups is 1. The van der Waals surface area contributed by atoms with Gasteiger partial charge in [0.15, 0.2) is 5.78 Å². The summed E-state index contributed by atoms with van der Waals surface area (Å²) in [4.78, 5) is 11.6. The van der Waals surface area contributed by atoms with Gasteiger partial charge < -0.3 is 4.74 Å². The molecule has 104 valence electrons. The Labute approximate surface area is 132 Å². The Bertz CT molecular complexity index is 654. The number of ether oxygens (including phenoxy) is 1. The normalized spacial score (nSPS) is 10.4. The lowest BCUT2D eigenvalue weighted by Crippen LogP contribution is -2.03. The van der Waals surface area contributed by atoms with Crippen LogP contribution in [0.15, 0.2) is 36.4 Å². The van der Waals surface area contributed by atoms with Crippen LogP contribution >= 0.6 is 34.8 Å². The second-order valence-corrected chi connectivity index (χ2v) is 5.45. The van der Waals surface area contributed by atoms with Crippen LogP contribution in [0.1, 0.15) is 22.8 Å². The number of carbonyl (C=O) groups excluding carboxylic acids is 1. The number of halogens is 3. The van der Waals surface area contributed by atoms with E-state index in [9.17, 15) is 4.79 Å². The third-order valence-electron chi connectivity index (χ3n) is 2.72. The molecule has 2 nitrogen and oxygen atoms in total. The van der Waals surface area contributed by atoms with Crippen molar-refractivity contribution in [3.63, 3.8) is 0 Å². The van der Waals surface area contributed by atoms with Gasteiger partial charge in [-0.1, -0.05) is 53.0 Å². The van der Waals surface area contributed by atoms with Crippen molar-refractivity contribution >= 4 is 40.6 Å². The minimum absolute atomic E-state index is 0.163. The molecule has 5 heteroatoms. The van der Waals surface area contributed by atoms with E-state index in [0.717, 1.165) is 5.56 Å². The van der Waals surface area contributed by atoms with Crippen molar-refractivity contribution < 1.29 is 9.53 Å². The van der Waals surface area contributed by atoms with E-state index >= 15 is 0 Å². The molecule has 0 aliphatic heterocycles. The maximum atomic E-state index is 11.6. The van der Waals surface area contributed by atoms with Gasteiger partial charge in [0.1, 0.15) is 12.4 Å². The van der Waals surface area contributed by atoms with E-state index in [1.807, 2.05) is 18.2 Å². The topological polar surface area (TPSA) is 26.3 Å². The van der Waals surface area contributed by atoms with Gasteiger partial charge >= 0.3 is 0 Å². The van der Waals surface area contributed by atoms with Gasteiger partial charge in [0.2, 0.25) is 0 Å². The lowest BCUT2D eigenvalue weighted by atomic mass is 10.1. The summed E-state index contributed by atoms with van der Waals surface area (Å²) in [5, 5.41) is 1.29. The van der Waals surface area contributed by atoms with E-state index in [1.165, 1.54) is 19.1 Å². The highest BCUT2D eigenvalue weighted by Crippen LogP contribution is 2.33. The van der Waals surface area contributed by atoms with Crippen LogP contribution in [0.3, 0.4) is 0 Å². The molecule has 0 saturated heterocycles. The van der Waals surface area contributed by atoms with Gasteiger partial charge in [-0.3, -0.25) is 4.79 Å². The van der Waals surface area contributed by atoms with E-state index in [2.05, 4.69) is 0 Å². The Morgan fingerprint density at radius 1 is 1.10 bits per heavy atom. The quantitative estimate of drug-likeness (QED) is 0.699. The monoisotopic (exact) mass is 328 g/mol. The Hall–Kier alpha value is -1.22. The average molecular weight is 330 g/mol. The van der Waals surface area contributed by atoms with E-state index in [4.69, 9.17) is 39.5 Å². The SMILES string of the molecule is CC(=O)c1cc(Cl)cc(Cl)c1OCc1ccccc1Cl. The number of hydrogen-bond acceptors (Lipinski definition) is 2. The summed E-state index contributed by atoms with van der Waals surface area (Å²) in [7, 11) is 0. The summed E-state index contributed by atoms with van der Waals surface area (Å²) in [5.41, 5.74) is 1.17. The number of hydrogen-bond donors (Lipinski definition) is 0. The molecule has 2 aromatic rings. The first-order valence-corrected chi connectivity index (χ1v) is 6.98. The molecule has 0 amide bonds. The predicted molar refractivity (Wildman–Crippen MR) is 82.3 cm³/mol. The number of ketones is 1. The van der Waals surface area contributed by atoms with Crippen LogP contribution in [0.2, 0.25) is 15.1 Å². The smallest absolute Gasteiger partial charge is 0.163 e. The molecule has 0 atom stereocenters. The van der Waals surface area contributed by atoms with Gasteiger partial charge in [-0.05, 0) is 25.1 Å². The first-order chi connectivity index (χ1) is 9.49. The summed E-state index contributed by atoms with van der Waals surface area (Å²) in [6.07, 6.45) is 0. The Kier molecular flexibility index (Phi) is 4.92. The molecule has 0 unspecified atom stereocenters. The molecule has 0 aliphatic carbocycles. The first-order valence-electron chi connectivity index (χ1n) is 5.85. The van der Waals surface area contributed by atoms with Crippen molar-refractivity contribution in [3.8, 4) is 5.75 Å². The molecule has 0 N–H and O–H groups in total. The average Bonchev–Trinajstić information content (AvgIpc) is 2.38. The lowest BCUT2D eigenvalue weighted by Gasteiger charge is -2.13. The summed E-state index contributed by atoms with van der Waals surface area (Å²) in [5.74, 6) is 0.159. The van der Waals surface area contributed by atoms with Gasteiger partial charge in [0, 0.05) is 15.6 Å². The molecule has 0 aromatic heterocycles. The zero-order chi connectivity index (χ0) is 14.7. The Balaban J connectivity index is 2.30. The maximum Gasteiger partial charge on any atom is 0.163 e. The van der Waals surface area contributed by atoms with Crippen LogP contribution in [0.25, 0.3) is 0 Å². The van der Waals surface area contributed by atoms with Crippen LogP contribution in [-0.4, -0.2) is 5.78 Å². The first kappa shape index (κ1) is 15.2. The van der Waals surface area contributed by atoms with Gasteiger partial charge in [-0.15, -0.1) is 0 Å². The van der Waals surface area contributed by atoms with Crippen LogP contribution in [0.5, 0.6) is 5.75 Å². The molecule has 0 aliphatic rings. The summed E-state index contributed by atoms with van der Waals surface area (Å²) in [6, 6.07) is 10.4. The van der Waals surface area contributed by atoms with E-state index in [1.54, 1.807) is 6.07 Å². The van der Waals surface area contributed by atoms with Crippen molar-refractivity contribution in [2.24, 2.45) is 0 Å². The fraction of sp³-hybridized carbons (Fsp3) is 0.133. The molecule has 0 heterocycles. The molecule has 20 heavy (non-hydrogen) atoms. The second-order valence-electron chi connectivity index (χ2n) is 4.20. The predicted octanol–water partition coefficient (Wildman–Crippen LogP) is 5.43. The van der Waals surface area contributed by atoms with Crippen LogP contribution in [-0.2, 0) is 6.61 Å². The maximum absolute atomic E-state index is 11.6. The van der Waals surface area contributed by atoms with Crippen LogP contribution in [0.4, 0.5) is 0 Å². The molecule has 0 radical (unpaired) electrons. The fourth-order valence-electron chi connectivity index (χ4n) is 1.73. The van der Waals surface area contributed by atoms with Crippen LogP contribution < -0.4 is 4.74 Å². The van der Waals surface area contributed by atoms with Gasteiger partial charge in [-0.2, -0.15) is 0 Å². The van der Waals surface area contributed by atoms with E-state index in [0.29, 0.717) is 26.4 Å². The highest BCUT2D eigenvalue weighted by Gasteiger charge is 2.15. The van der Waals surface area contributed by atoms with Crippen LogP contribution in [0, 0.1) is 0 Å². The molecule has 2 aromatic carbocycles. The fourth-order valence-corrected chi connectivity index (χ4v) is 2.47. The Morgan fingerprint density at radius 2 is 1.80 bits per heavy atom. The zero-order valence-corrected chi connectivity index (χ0v) is 12.9. The molecule has 0 bridgehead atoms. The highest BCUT2D eigenvalue weighted by molar-refractivity contribution is 6.36. The lowest BCUT2D eigenvalue weighted by molar-refractivity contribution is 0.101. The van der Waals surface area contributed by atoms with Crippen molar-refractivity contribution in [1.29, 1.82) is 0 Å². The minimum atomic E-state index is -0.163. The van der Waals surface area contributed by atoms with E-state index < -0.39 is 0 Å². The molecule has 0 saturated carbocycles. The number of Topliss-reactive ketones (excluding diaryl/α,β-unsaturated/α-hetero) is 1. The van der Waals surface area contributed by atoms with Gasteiger partial charge in [0.25, 0.3) is 0 Å². The van der Waals surface area contributed by atoms with E-state index in [-0.39, 0.29) is 12.4 Å². The molecule has 0 fully saturated rings. The third kappa shape index (κ3) is 3.45. The van der Waals surface area contributed by atoms with Gasteiger partial charge in [0.05, 0.1) is 10.6 Å². The molecule has 2 rings (SSSR count). The zero-order valence-electron chi connectivity index (χ0n) is 10.6. The number of rotatable bonds is 4. The summed E-state index contributed by atoms with van der Waals surface area (Å²) in [6.45, 7) is 1.66.